The predicted molar refractivity (Wildman–Crippen MR) is 70.7 cm³/mol. The second-order valence-electron chi connectivity index (χ2n) is 3.96. The van der Waals surface area contributed by atoms with Gasteiger partial charge >= 0.3 is 5.88 Å². The maximum absolute atomic E-state index is 10.5. The quantitative estimate of drug-likeness (QED) is 0.476. The maximum Gasteiger partial charge on any atom is 0.433 e. The normalized spacial score (nSPS) is 12.1. The molecule has 0 radical (unpaired) electrons. The molecule has 1 heterocycles. The van der Waals surface area contributed by atoms with E-state index in [2.05, 4.69) is 0 Å². The molecule has 0 saturated carbocycles. The van der Waals surface area contributed by atoms with E-state index >= 15 is 0 Å². The summed E-state index contributed by atoms with van der Waals surface area (Å²) in [7, 11) is 1.59. The highest BCUT2D eigenvalue weighted by Crippen LogP contribution is 2.29. The minimum Gasteiger partial charge on any atom is -0.497 e. The van der Waals surface area contributed by atoms with Gasteiger partial charge < -0.3 is 9.15 Å². The third kappa shape index (κ3) is 3.26. The van der Waals surface area contributed by atoms with Crippen LogP contribution in [0.4, 0.5) is 5.88 Å². The molecule has 1 aromatic carbocycles. The van der Waals surface area contributed by atoms with E-state index < -0.39 is 10.3 Å². The first kappa shape index (κ1) is 13.4. The Bertz CT molecular complexity index is 582. The number of alkyl halides is 1. The Morgan fingerprint density at radius 2 is 2.21 bits per heavy atom. The molecule has 0 spiro atoms. The van der Waals surface area contributed by atoms with E-state index in [-0.39, 0.29) is 5.88 Å². The van der Waals surface area contributed by atoms with E-state index in [0.29, 0.717) is 12.2 Å². The highest BCUT2D eigenvalue weighted by atomic mass is 35.5. The summed E-state index contributed by atoms with van der Waals surface area (Å²) in [6.45, 7) is 0. The zero-order valence-electron chi connectivity index (χ0n) is 10.2. The standard InChI is InChI=1S/C13H12ClNO4/c1-18-10-4-2-3-9(7-10)8-11(14)12-5-6-13(19-12)15(16)17/h2-7,11H,8H2,1H3. The Hall–Kier alpha value is -2.01. The van der Waals surface area contributed by atoms with Crippen LogP contribution in [0, 0.1) is 10.1 Å². The lowest BCUT2D eigenvalue weighted by atomic mass is 10.1. The number of benzene rings is 1. The lowest BCUT2D eigenvalue weighted by molar-refractivity contribution is -0.402. The summed E-state index contributed by atoms with van der Waals surface area (Å²) in [6.07, 6.45) is 0.503. The van der Waals surface area contributed by atoms with E-state index in [1.54, 1.807) is 7.11 Å². The number of hydrogen-bond acceptors (Lipinski definition) is 4. The van der Waals surface area contributed by atoms with Gasteiger partial charge in [-0.1, -0.05) is 12.1 Å². The van der Waals surface area contributed by atoms with E-state index in [1.807, 2.05) is 24.3 Å². The monoisotopic (exact) mass is 281 g/mol. The molecule has 5 nitrogen and oxygen atoms in total. The first-order valence-corrected chi connectivity index (χ1v) is 6.05. The predicted octanol–water partition coefficient (Wildman–Crippen LogP) is 3.72. The molecule has 0 saturated heterocycles. The number of nitro groups is 1. The van der Waals surface area contributed by atoms with Crippen LogP contribution in [0.5, 0.6) is 5.75 Å². The second-order valence-corrected chi connectivity index (χ2v) is 4.48. The third-order valence-electron chi connectivity index (χ3n) is 2.65. The van der Waals surface area contributed by atoms with Gasteiger partial charge in [-0.3, -0.25) is 10.1 Å². The molecule has 0 amide bonds. The zero-order chi connectivity index (χ0) is 13.8. The van der Waals surface area contributed by atoms with Crippen molar-refractivity contribution >= 4 is 17.5 Å². The van der Waals surface area contributed by atoms with E-state index in [0.717, 1.165) is 11.3 Å². The number of ether oxygens (including phenoxy) is 1. The topological polar surface area (TPSA) is 65.5 Å². The second kappa shape index (κ2) is 5.75. The molecule has 0 fully saturated rings. The molecule has 0 N–H and O–H groups in total. The van der Waals surface area contributed by atoms with Gasteiger partial charge in [-0.2, -0.15) is 0 Å². The summed E-state index contributed by atoms with van der Waals surface area (Å²) < 4.78 is 10.2. The van der Waals surface area contributed by atoms with Crippen LogP contribution in [-0.4, -0.2) is 12.0 Å². The molecule has 6 heteroatoms. The Morgan fingerprint density at radius 1 is 1.42 bits per heavy atom. The highest BCUT2D eigenvalue weighted by molar-refractivity contribution is 6.20. The Balaban J connectivity index is 2.10. The van der Waals surface area contributed by atoms with Gasteiger partial charge in [-0.15, -0.1) is 11.6 Å². The zero-order valence-corrected chi connectivity index (χ0v) is 11.0. The van der Waals surface area contributed by atoms with Crippen LogP contribution >= 0.6 is 11.6 Å². The fourth-order valence-corrected chi connectivity index (χ4v) is 2.01. The van der Waals surface area contributed by atoms with Crippen LogP contribution in [0.3, 0.4) is 0 Å². The van der Waals surface area contributed by atoms with E-state index in [1.165, 1.54) is 12.1 Å². The summed E-state index contributed by atoms with van der Waals surface area (Å²) >= 11 is 6.20. The molecule has 0 bridgehead atoms. The summed E-state index contributed by atoms with van der Waals surface area (Å²) in [5, 5.41) is 10.1. The van der Waals surface area contributed by atoms with Crippen LogP contribution in [0.15, 0.2) is 40.8 Å². The van der Waals surface area contributed by atoms with Gasteiger partial charge in [-0.05, 0) is 30.2 Å². The Morgan fingerprint density at radius 3 is 2.84 bits per heavy atom. The minimum atomic E-state index is -0.585. The van der Waals surface area contributed by atoms with Crippen molar-refractivity contribution in [2.75, 3.05) is 7.11 Å². The summed E-state index contributed by atoms with van der Waals surface area (Å²) in [5.74, 6) is 0.828. The van der Waals surface area contributed by atoms with Crippen LogP contribution in [-0.2, 0) is 6.42 Å². The lowest BCUT2D eigenvalue weighted by Gasteiger charge is -2.07. The van der Waals surface area contributed by atoms with Gasteiger partial charge in [-0.25, -0.2) is 0 Å². The summed E-state index contributed by atoms with van der Waals surface area (Å²) in [6, 6.07) is 10.3. The van der Waals surface area contributed by atoms with Crippen molar-refractivity contribution in [2.24, 2.45) is 0 Å². The number of methoxy groups -OCH3 is 1. The molecule has 2 rings (SSSR count). The minimum absolute atomic E-state index is 0.300. The number of rotatable bonds is 5. The number of furan rings is 1. The molecular weight excluding hydrogens is 270 g/mol. The van der Waals surface area contributed by atoms with Gasteiger partial charge in [0, 0.05) is 0 Å². The first-order valence-electron chi connectivity index (χ1n) is 5.61. The molecule has 100 valence electrons. The van der Waals surface area contributed by atoms with Crippen molar-refractivity contribution in [3.8, 4) is 5.75 Å². The number of nitrogens with zero attached hydrogens (tertiary/aromatic N) is 1. The van der Waals surface area contributed by atoms with Gasteiger partial charge in [0.25, 0.3) is 0 Å². The van der Waals surface area contributed by atoms with Crippen molar-refractivity contribution in [2.45, 2.75) is 11.8 Å². The Labute approximate surface area is 114 Å². The van der Waals surface area contributed by atoms with Crippen LogP contribution in [0.1, 0.15) is 16.7 Å². The van der Waals surface area contributed by atoms with Crippen LogP contribution in [0.25, 0.3) is 0 Å². The van der Waals surface area contributed by atoms with E-state index in [9.17, 15) is 10.1 Å². The van der Waals surface area contributed by atoms with E-state index in [4.69, 9.17) is 20.8 Å². The van der Waals surface area contributed by atoms with Crippen molar-refractivity contribution in [3.63, 3.8) is 0 Å². The van der Waals surface area contributed by atoms with Crippen molar-refractivity contribution < 1.29 is 14.1 Å². The van der Waals surface area contributed by atoms with Gasteiger partial charge in [0.1, 0.15) is 16.4 Å². The Kier molecular flexibility index (Phi) is 4.06. The molecule has 0 aliphatic heterocycles. The van der Waals surface area contributed by atoms with Crippen LogP contribution in [0.2, 0.25) is 0 Å². The van der Waals surface area contributed by atoms with Crippen LogP contribution < -0.4 is 4.74 Å². The smallest absolute Gasteiger partial charge is 0.433 e. The van der Waals surface area contributed by atoms with Crippen molar-refractivity contribution in [1.29, 1.82) is 0 Å². The van der Waals surface area contributed by atoms with Crippen molar-refractivity contribution in [3.05, 3.63) is 57.8 Å². The molecule has 0 aliphatic rings. The fraction of sp³-hybridized carbons (Fsp3) is 0.231. The average molecular weight is 282 g/mol. The van der Waals surface area contributed by atoms with Gasteiger partial charge in [0.05, 0.1) is 18.6 Å². The molecule has 1 aromatic heterocycles. The average Bonchev–Trinajstić information content (AvgIpc) is 2.89. The molecule has 2 aromatic rings. The highest BCUT2D eigenvalue weighted by Gasteiger charge is 2.18. The molecular formula is C13H12ClNO4. The summed E-state index contributed by atoms with van der Waals surface area (Å²) in [5.41, 5.74) is 0.971. The van der Waals surface area contributed by atoms with Crippen molar-refractivity contribution in [1.82, 2.24) is 0 Å². The largest absolute Gasteiger partial charge is 0.497 e. The third-order valence-corrected chi connectivity index (χ3v) is 3.02. The SMILES string of the molecule is COc1cccc(CC(Cl)c2ccc([N+](=O)[O-])o2)c1. The molecule has 1 atom stereocenters. The lowest BCUT2D eigenvalue weighted by Crippen LogP contribution is -1.95. The molecule has 0 aliphatic carbocycles. The molecule has 19 heavy (non-hydrogen) atoms. The maximum atomic E-state index is 10.5. The number of hydrogen-bond donors (Lipinski definition) is 0. The number of halogens is 1. The molecule has 1 unspecified atom stereocenters. The van der Waals surface area contributed by atoms with Gasteiger partial charge in [0.15, 0.2) is 0 Å². The summed E-state index contributed by atoms with van der Waals surface area (Å²) in [4.78, 5) is 9.95. The fourth-order valence-electron chi connectivity index (χ4n) is 1.72. The van der Waals surface area contributed by atoms with Gasteiger partial charge in [0.2, 0.25) is 0 Å². The first-order chi connectivity index (χ1) is 9.10.